The van der Waals surface area contributed by atoms with E-state index >= 15 is 0 Å². The topological polar surface area (TPSA) is 58.6 Å². The fourth-order valence-electron chi connectivity index (χ4n) is 3.40. The Morgan fingerprint density at radius 1 is 1.50 bits per heavy atom. The monoisotopic (exact) mass is 274 g/mol. The molecule has 5 nitrogen and oxygen atoms in total. The Kier molecular flexibility index (Phi) is 2.97. The molecule has 3 aliphatic heterocycles. The highest BCUT2D eigenvalue weighted by Crippen LogP contribution is 2.44. The molecule has 2 bridgehead atoms. The van der Waals surface area contributed by atoms with Crippen LogP contribution in [0.25, 0.3) is 0 Å². The molecule has 3 aliphatic rings. The van der Waals surface area contributed by atoms with E-state index in [9.17, 15) is 8.42 Å². The number of rotatable bonds is 3. The first kappa shape index (κ1) is 12.8. The van der Waals surface area contributed by atoms with Gasteiger partial charge in [0.05, 0.1) is 6.10 Å². The molecule has 3 fully saturated rings. The van der Waals surface area contributed by atoms with Gasteiger partial charge in [0.25, 0.3) is 0 Å². The van der Waals surface area contributed by atoms with Crippen molar-refractivity contribution >= 4 is 10.0 Å². The van der Waals surface area contributed by atoms with Crippen molar-refractivity contribution in [2.24, 2.45) is 5.92 Å². The third-order valence-corrected chi connectivity index (χ3v) is 6.75. The summed E-state index contributed by atoms with van der Waals surface area (Å²) in [5.41, 5.74) is -0.473. The predicted molar refractivity (Wildman–Crippen MR) is 68.8 cm³/mol. The number of morpholine rings is 1. The number of hydrogen-bond acceptors (Lipinski definition) is 4. The van der Waals surface area contributed by atoms with E-state index in [4.69, 9.17) is 4.74 Å². The van der Waals surface area contributed by atoms with E-state index in [1.165, 1.54) is 0 Å². The van der Waals surface area contributed by atoms with Crippen molar-refractivity contribution in [2.75, 3.05) is 26.2 Å². The van der Waals surface area contributed by atoms with E-state index in [-0.39, 0.29) is 11.4 Å². The minimum absolute atomic E-state index is 0.0887. The molecule has 3 rings (SSSR count). The highest BCUT2D eigenvalue weighted by atomic mass is 32.2. The second kappa shape index (κ2) is 4.16. The number of ether oxygens (including phenoxy) is 1. The number of sulfonamides is 1. The molecule has 0 amide bonds. The summed E-state index contributed by atoms with van der Waals surface area (Å²) in [6.45, 7) is 6.88. The summed E-state index contributed by atoms with van der Waals surface area (Å²) in [5, 5.41) is 2.99. The van der Waals surface area contributed by atoms with E-state index in [1.807, 2.05) is 0 Å². The summed E-state index contributed by atoms with van der Waals surface area (Å²) in [6, 6.07) is 0. The molecule has 0 aliphatic carbocycles. The molecular weight excluding hydrogens is 252 g/mol. The molecule has 1 spiro atoms. The van der Waals surface area contributed by atoms with Crippen LogP contribution in [0, 0.1) is 5.92 Å². The average Bonchev–Trinajstić information content (AvgIpc) is 2.65. The molecule has 1 N–H and O–H groups in total. The van der Waals surface area contributed by atoms with Crippen LogP contribution in [0.1, 0.15) is 26.7 Å². The Bertz CT molecular complexity index is 437. The molecule has 0 aromatic heterocycles. The van der Waals surface area contributed by atoms with Crippen LogP contribution in [0.5, 0.6) is 0 Å². The second-order valence-corrected chi connectivity index (χ2v) is 8.34. The minimum Gasteiger partial charge on any atom is -0.366 e. The standard InChI is InChI=1S/C12H22N2O3S/c1-9(2)3-4-14-8-12-7-13-6-10(17-12)5-11(12)18(14,15)16/h9-11,13H,3-8H2,1-2H3/t10-,11+,12+/m1/s1. The number of nitrogens with one attached hydrogen (secondary N) is 1. The number of fused-ring (bicyclic) bond motifs is 1. The van der Waals surface area contributed by atoms with Crippen LogP contribution in [0.15, 0.2) is 0 Å². The lowest BCUT2D eigenvalue weighted by atomic mass is 10.00. The summed E-state index contributed by atoms with van der Waals surface area (Å²) in [4.78, 5) is 0. The lowest BCUT2D eigenvalue weighted by Crippen LogP contribution is -2.53. The maximum Gasteiger partial charge on any atom is 0.220 e. The smallest absolute Gasteiger partial charge is 0.220 e. The van der Waals surface area contributed by atoms with Crippen molar-refractivity contribution in [3.63, 3.8) is 0 Å². The third kappa shape index (κ3) is 1.81. The van der Waals surface area contributed by atoms with Gasteiger partial charge in [0.15, 0.2) is 0 Å². The minimum atomic E-state index is -3.16. The van der Waals surface area contributed by atoms with Gasteiger partial charge in [0.1, 0.15) is 10.9 Å². The van der Waals surface area contributed by atoms with E-state index in [2.05, 4.69) is 19.2 Å². The van der Waals surface area contributed by atoms with Crippen LogP contribution in [0.3, 0.4) is 0 Å². The van der Waals surface area contributed by atoms with Crippen LogP contribution in [0.2, 0.25) is 0 Å². The van der Waals surface area contributed by atoms with E-state index in [0.29, 0.717) is 32.0 Å². The SMILES string of the molecule is CC(C)CCN1C[C@@]23CNC[C@@H](C[C@@H]2S1(=O)=O)O3. The Morgan fingerprint density at radius 2 is 2.28 bits per heavy atom. The average molecular weight is 274 g/mol. The van der Waals surface area contributed by atoms with Gasteiger partial charge in [-0.15, -0.1) is 0 Å². The molecule has 18 heavy (non-hydrogen) atoms. The fraction of sp³-hybridized carbons (Fsp3) is 1.00. The largest absolute Gasteiger partial charge is 0.366 e. The van der Waals surface area contributed by atoms with Crippen LogP contribution < -0.4 is 5.32 Å². The van der Waals surface area contributed by atoms with Crippen LogP contribution in [-0.4, -0.2) is 55.9 Å². The van der Waals surface area contributed by atoms with Crippen LogP contribution in [0.4, 0.5) is 0 Å². The zero-order chi connectivity index (χ0) is 13.0. The van der Waals surface area contributed by atoms with Gasteiger partial charge < -0.3 is 10.1 Å². The van der Waals surface area contributed by atoms with Crippen molar-refractivity contribution in [1.82, 2.24) is 9.62 Å². The van der Waals surface area contributed by atoms with Crippen molar-refractivity contribution in [1.29, 1.82) is 0 Å². The molecule has 0 aromatic carbocycles. The van der Waals surface area contributed by atoms with Gasteiger partial charge in [0.2, 0.25) is 10.0 Å². The Hall–Kier alpha value is -0.170. The highest BCUT2D eigenvalue weighted by molar-refractivity contribution is 7.90. The van der Waals surface area contributed by atoms with Gasteiger partial charge in [-0.25, -0.2) is 8.42 Å². The molecule has 0 radical (unpaired) electrons. The quantitative estimate of drug-likeness (QED) is 0.797. The van der Waals surface area contributed by atoms with Gasteiger partial charge in [-0.05, 0) is 18.8 Å². The summed E-state index contributed by atoms with van der Waals surface area (Å²) in [7, 11) is -3.16. The summed E-state index contributed by atoms with van der Waals surface area (Å²) < 4.78 is 32.7. The first-order valence-corrected chi connectivity index (χ1v) is 8.32. The van der Waals surface area contributed by atoms with Crippen LogP contribution >= 0.6 is 0 Å². The van der Waals surface area contributed by atoms with E-state index in [0.717, 1.165) is 13.0 Å². The van der Waals surface area contributed by atoms with Crippen molar-refractivity contribution < 1.29 is 13.2 Å². The molecule has 6 heteroatoms. The first-order chi connectivity index (χ1) is 8.44. The van der Waals surface area contributed by atoms with Gasteiger partial charge in [-0.2, -0.15) is 4.31 Å². The molecule has 3 atom stereocenters. The van der Waals surface area contributed by atoms with Crippen molar-refractivity contribution in [3.05, 3.63) is 0 Å². The van der Waals surface area contributed by atoms with Gasteiger partial charge in [-0.3, -0.25) is 0 Å². The van der Waals surface area contributed by atoms with Crippen molar-refractivity contribution in [2.45, 2.75) is 43.6 Å². The molecule has 104 valence electrons. The summed E-state index contributed by atoms with van der Waals surface area (Å²) >= 11 is 0. The van der Waals surface area contributed by atoms with E-state index in [1.54, 1.807) is 4.31 Å². The molecule has 0 saturated carbocycles. The predicted octanol–water partition coefficient (Wildman–Crippen LogP) is 0.177. The second-order valence-electron chi connectivity index (χ2n) is 6.22. The molecular formula is C12H22N2O3S. The lowest BCUT2D eigenvalue weighted by molar-refractivity contribution is -0.0631. The summed E-state index contributed by atoms with van der Waals surface area (Å²) in [6.07, 6.45) is 1.66. The van der Waals surface area contributed by atoms with Gasteiger partial charge >= 0.3 is 0 Å². The molecule has 3 saturated heterocycles. The molecule has 0 unspecified atom stereocenters. The fourth-order valence-corrected chi connectivity index (χ4v) is 5.73. The molecule has 0 aromatic rings. The first-order valence-electron chi connectivity index (χ1n) is 6.81. The zero-order valence-corrected chi connectivity index (χ0v) is 11.9. The third-order valence-electron chi connectivity index (χ3n) is 4.38. The maximum absolute atomic E-state index is 12.5. The number of nitrogens with zero attached hydrogens (tertiary/aromatic N) is 1. The Labute approximate surface area is 109 Å². The van der Waals surface area contributed by atoms with E-state index < -0.39 is 15.6 Å². The normalized spacial score (nSPS) is 42.4. The van der Waals surface area contributed by atoms with Gasteiger partial charge in [-0.1, -0.05) is 13.8 Å². The summed E-state index contributed by atoms with van der Waals surface area (Å²) in [5.74, 6) is 0.524. The zero-order valence-electron chi connectivity index (χ0n) is 11.1. The Balaban J connectivity index is 1.82. The molecule has 3 heterocycles. The van der Waals surface area contributed by atoms with Gasteiger partial charge in [0, 0.05) is 26.2 Å². The van der Waals surface area contributed by atoms with Crippen LogP contribution in [-0.2, 0) is 14.8 Å². The van der Waals surface area contributed by atoms with Crippen molar-refractivity contribution in [3.8, 4) is 0 Å². The number of hydrogen-bond donors (Lipinski definition) is 1. The Morgan fingerprint density at radius 3 is 3.00 bits per heavy atom. The highest BCUT2D eigenvalue weighted by Gasteiger charge is 2.63. The lowest BCUT2D eigenvalue weighted by Gasteiger charge is -2.32. The maximum atomic E-state index is 12.5.